The van der Waals surface area contributed by atoms with Crippen LogP contribution in [0, 0.1) is 5.82 Å². The number of carbonyl (C=O) groups excluding carboxylic acids is 1. The number of halogens is 1. The minimum atomic E-state index is -0.345. The van der Waals surface area contributed by atoms with Crippen molar-refractivity contribution in [1.29, 1.82) is 0 Å². The molecule has 0 saturated heterocycles. The quantitative estimate of drug-likeness (QED) is 0.924. The third-order valence-electron chi connectivity index (χ3n) is 4.01. The average molecular weight is 345 g/mol. The summed E-state index contributed by atoms with van der Waals surface area (Å²) >= 11 is 0. The molecule has 7 heteroatoms. The molecule has 25 heavy (non-hydrogen) atoms. The molecule has 0 saturated carbocycles. The highest BCUT2D eigenvalue weighted by Gasteiger charge is 2.20. The van der Waals surface area contributed by atoms with Gasteiger partial charge in [-0.15, -0.1) is 0 Å². The second-order valence-corrected chi connectivity index (χ2v) is 5.68. The Morgan fingerprint density at radius 1 is 1.44 bits per heavy atom. The van der Waals surface area contributed by atoms with E-state index in [2.05, 4.69) is 10.3 Å². The van der Waals surface area contributed by atoms with E-state index < -0.39 is 0 Å². The summed E-state index contributed by atoms with van der Waals surface area (Å²) in [4.78, 5) is 18.2. The van der Waals surface area contributed by atoms with Gasteiger partial charge in [-0.3, -0.25) is 0 Å². The Hall–Kier alpha value is -2.83. The van der Waals surface area contributed by atoms with Gasteiger partial charge in [0.25, 0.3) is 0 Å². The Balaban J connectivity index is 1.57. The molecular formula is C18H20FN3O3. The van der Waals surface area contributed by atoms with E-state index in [1.807, 2.05) is 12.1 Å². The molecule has 1 aromatic heterocycles. The predicted octanol–water partition coefficient (Wildman–Crippen LogP) is 2.38. The first kappa shape index (κ1) is 17.0. The first-order chi connectivity index (χ1) is 12.2. The summed E-state index contributed by atoms with van der Waals surface area (Å²) < 4.78 is 24.0. The molecule has 1 aliphatic heterocycles. The molecule has 132 valence electrons. The predicted molar refractivity (Wildman–Crippen MR) is 90.2 cm³/mol. The fourth-order valence-electron chi connectivity index (χ4n) is 2.73. The van der Waals surface area contributed by atoms with Crippen LogP contribution in [0.4, 0.5) is 9.18 Å². The minimum Gasteiger partial charge on any atom is -0.491 e. The molecule has 0 unspecified atom stereocenters. The van der Waals surface area contributed by atoms with Crippen LogP contribution in [-0.2, 0) is 13.0 Å². The van der Waals surface area contributed by atoms with Crippen molar-refractivity contribution in [3.63, 3.8) is 0 Å². The van der Waals surface area contributed by atoms with Gasteiger partial charge in [0.05, 0.1) is 20.2 Å². The summed E-state index contributed by atoms with van der Waals surface area (Å²) in [6.07, 6.45) is 2.29. The van der Waals surface area contributed by atoms with Gasteiger partial charge in [0, 0.05) is 29.9 Å². The van der Waals surface area contributed by atoms with Crippen LogP contribution >= 0.6 is 0 Å². The van der Waals surface area contributed by atoms with Crippen molar-refractivity contribution < 1.29 is 18.7 Å². The second kappa shape index (κ2) is 7.83. The number of nitrogens with zero attached hydrogens (tertiary/aromatic N) is 2. The molecule has 1 aromatic carbocycles. The van der Waals surface area contributed by atoms with E-state index in [1.165, 1.54) is 12.1 Å². The van der Waals surface area contributed by atoms with Crippen molar-refractivity contribution >= 4 is 6.03 Å². The monoisotopic (exact) mass is 345 g/mol. The van der Waals surface area contributed by atoms with Crippen LogP contribution in [0.3, 0.4) is 0 Å². The van der Waals surface area contributed by atoms with Crippen molar-refractivity contribution in [2.45, 2.75) is 13.0 Å². The normalized spacial score (nSPS) is 13.4. The maximum absolute atomic E-state index is 13.3. The SMILES string of the molecule is COc1ncccc1CCNC(=O)N1CCOc2cc(F)ccc2C1. The maximum Gasteiger partial charge on any atom is 0.317 e. The molecule has 6 nitrogen and oxygen atoms in total. The third kappa shape index (κ3) is 4.17. The van der Waals surface area contributed by atoms with Crippen molar-refractivity contribution in [2.24, 2.45) is 0 Å². The van der Waals surface area contributed by atoms with Crippen LogP contribution in [0.15, 0.2) is 36.5 Å². The zero-order valence-electron chi connectivity index (χ0n) is 14.0. The van der Waals surface area contributed by atoms with Gasteiger partial charge in [0.15, 0.2) is 0 Å². The number of pyridine rings is 1. The smallest absolute Gasteiger partial charge is 0.317 e. The van der Waals surface area contributed by atoms with Gasteiger partial charge in [0.1, 0.15) is 18.2 Å². The van der Waals surface area contributed by atoms with E-state index in [4.69, 9.17) is 9.47 Å². The first-order valence-corrected chi connectivity index (χ1v) is 8.09. The number of ether oxygens (including phenoxy) is 2. The molecule has 1 N–H and O–H groups in total. The molecule has 2 amide bonds. The Kier molecular flexibility index (Phi) is 5.33. The number of hydrogen-bond donors (Lipinski definition) is 1. The van der Waals surface area contributed by atoms with Gasteiger partial charge in [-0.05, 0) is 18.6 Å². The standard InChI is InChI=1S/C18H20FN3O3/c1-24-17-13(3-2-7-20-17)6-8-21-18(23)22-9-10-25-16-11-15(19)5-4-14(16)12-22/h2-5,7,11H,6,8-10,12H2,1H3,(H,21,23). The number of hydrogen-bond acceptors (Lipinski definition) is 4. The van der Waals surface area contributed by atoms with Crippen LogP contribution < -0.4 is 14.8 Å². The minimum absolute atomic E-state index is 0.177. The van der Waals surface area contributed by atoms with Crippen LogP contribution in [0.25, 0.3) is 0 Å². The van der Waals surface area contributed by atoms with E-state index in [1.54, 1.807) is 24.3 Å². The van der Waals surface area contributed by atoms with Crippen LogP contribution in [0.5, 0.6) is 11.6 Å². The van der Waals surface area contributed by atoms with Gasteiger partial charge < -0.3 is 19.7 Å². The first-order valence-electron chi connectivity index (χ1n) is 8.09. The maximum atomic E-state index is 13.3. The topological polar surface area (TPSA) is 63.7 Å². The number of benzene rings is 1. The lowest BCUT2D eigenvalue weighted by Gasteiger charge is -2.20. The van der Waals surface area contributed by atoms with Crippen LogP contribution in [0.2, 0.25) is 0 Å². The summed E-state index contributed by atoms with van der Waals surface area (Å²) in [5.74, 6) is 0.716. The number of urea groups is 1. The zero-order valence-corrected chi connectivity index (χ0v) is 14.0. The number of amides is 2. The summed E-state index contributed by atoms with van der Waals surface area (Å²) in [5, 5.41) is 2.90. The molecule has 0 bridgehead atoms. The summed E-state index contributed by atoms with van der Waals surface area (Å²) in [5.41, 5.74) is 1.73. The third-order valence-corrected chi connectivity index (χ3v) is 4.01. The van der Waals surface area contributed by atoms with Gasteiger partial charge in [0.2, 0.25) is 5.88 Å². The lowest BCUT2D eigenvalue weighted by atomic mass is 10.2. The number of aromatic nitrogens is 1. The number of nitrogens with one attached hydrogen (secondary N) is 1. The van der Waals surface area contributed by atoms with Crippen molar-refractivity contribution in [3.8, 4) is 11.6 Å². The number of carbonyl (C=O) groups is 1. The molecule has 3 rings (SSSR count). The molecule has 0 radical (unpaired) electrons. The Morgan fingerprint density at radius 3 is 3.16 bits per heavy atom. The number of fused-ring (bicyclic) bond motifs is 1. The summed E-state index contributed by atoms with van der Waals surface area (Å²) in [6.45, 7) is 1.63. The highest BCUT2D eigenvalue weighted by Crippen LogP contribution is 2.24. The summed E-state index contributed by atoms with van der Waals surface area (Å²) in [6, 6.07) is 7.95. The fourth-order valence-corrected chi connectivity index (χ4v) is 2.73. The van der Waals surface area contributed by atoms with E-state index >= 15 is 0 Å². The number of rotatable bonds is 4. The zero-order chi connectivity index (χ0) is 17.6. The van der Waals surface area contributed by atoms with E-state index in [-0.39, 0.29) is 11.8 Å². The van der Waals surface area contributed by atoms with Crippen LogP contribution in [-0.4, -0.2) is 42.7 Å². The lowest BCUT2D eigenvalue weighted by Crippen LogP contribution is -2.41. The fraction of sp³-hybridized carbons (Fsp3) is 0.333. The molecule has 0 aliphatic carbocycles. The Labute approximate surface area is 145 Å². The highest BCUT2D eigenvalue weighted by atomic mass is 19.1. The molecule has 1 aliphatic rings. The van der Waals surface area contributed by atoms with E-state index in [0.717, 1.165) is 11.1 Å². The van der Waals surface area contributed by atoms with Crippen molar-refractivity contribution in [2.75, 3.05) is 26.8 Å². The largest absolute Gasteiger partial charge is 0.491 e. The average Bonchev–Trinajstić information content (AvgIpc) is 2.84. The van der Waals surface area contributed by atoms with Crippen molar-refractivity contribution in [1.82, 2.24) is 15.2 Å². The van der Waals surface area contributed by atoms with Crippen LogP contribution in [0.1, 0.15) is 11.1 Å². The molecule has 0 spiro atoms. The molecule has 2 aromatic rings. The summed E-state index contributed by atoms with van der Waals surface area (Å²) in [7, 11) is 1.57. The molecule has 2 heterocycles. The Bertz CT molecular complexity index is 754. The van der Waals surface area contributed by atoms with Gasteiger partial charge >= 0.3 is 6.03 Å². The lowest BCUT2D eigenvalue weighted by molar-refractivity contribution is 0.188. The Morgan fingerprint density at radius 2 is 2.32 bits per heavy atom. The molecule has 0 atom stereocenters. The van der Waals surface area contributed by atoms with E-state index in [9.17, 15) is 9.18 Å². The van der Waals surface area contributed by atoms with Gasteiger partial charge in [-0.25, -0.2) is 14.2 Å². The van der Waals surface area contributed by atoms with Crippen molar-refractivity contribution in [3.05, 3.63) is 53.5 Å². The molecular weight excluding hydrogens is 325 g/mol. The van der Waals surface area contributed by atoms with Gasteiger partial charge in [-0.1, -0.05) is 12.1 Å². The molecule has 0 fully saturated rings. The van der Waals surface area contributed by atoms with E-state index in [0.29, 0.717) is 44.3 Å². The van der Waals surface area contributed by atoms with Gasteiger partial charge in [-0.2, -0.15) is 0 Å². The highest BCUT2D eigenvalue weighted by molar-refractivity contribution is 5.74. The number of methoxy groups -OCH3 is 1. The second-order valence-electron chi connectivity index (χ2n) is 5.68.